The van der Waals surface area contributed by atoms with E-state index in [-0.39, 0.29) is 23.8 Å². The number of rotatable bonds is 5. The summed E-state index contributed by atoms with van der Waals surface area (Å²) >= 11 is 7.21. The van der Waals surface area contributed by atoms with Crippen LogP contribution in [0.25, 0.3) is 12.2 Å². The fourth-order valence-electron chi connectivity index (χ4n) is 4.31. The maximum Gasteiger partial charge on any atom is 0.269 e. The van der Waals surface area contributed by atoms with Crippen LogP contribution in [-0.4, -0.2) is 34.2 Å². The van der Waals surface area contributed by atoms with E-state index < -0.39 is 0 Å². The van der Waals surface area contributed by atoms with Gasteiger partial charge >= 0.3 is 0 Å². The van der Waals surface area contributed by atoms with Crippen molar-refractivity contribution in [2.24, 2.45) is 5.92 Å². The number of aromatic nitrogens is 1. The number of thiazole rings is 1. The number of nitrogens with zero attached hydrogens (tertiary/aromatic N) is 2. The zero-order valence-corrected chi connectivity index (χ0v) is 21.8. The summed E-state index contributed by atoms with van der Waals surface area (Å²) in [5.74, 6) is 0.315. The van der Waals surface area contributed by atoms with E-state index in [4.69, 9.17) is 11.6 Å². The Morgan fingerprint density at radius 3 is 2.31 bits per heavy atom. The first-order valence-corrected chi connectivity index (χ1v) is 13.0. The summed E-state index contributed by atoms with van der Waals surface area (Å²) in [5.41, 5.74) is 3.11. The number of hydrogen-bond acceptors (Lipinski definition) is 4. The van der Waals surface area contributed by atoms with Crippen molar-refractivity contribution in [2.45, 2.75) is 40.2 Å². The van der Waals surface area contributed by atoms with Crippen molar-refractivity contribution in [3.8, 4) is 0 Å². The summed E-state index contributed by atoms with van der Waals surface area (Å²) in [6, 6.07) is 12.9. The van der Waals surface area contributed by atoms with Crippen LogP contribution in [0, 0.1) is 19.8 Å². The topological polar surface area (TPSA) is 59.4 Å². The van der Waals surface area contributed by atoms with Crippen LogP contribution in [0.3, 0.4) is 0 Å². The molecule has 2 heterocycles. The lowest BCUT2D eigenvalue weighted by Crippen LogP contribution is -2.43. The Bertz CT molecular complexity index is 1410. The van der Waals surface area contributed by atoms with Crippen LogP contribution in [-0.2, 0) is 11.3 Å². The lowest BCUT2D eigenvalue weighted by atomic mass is 9.99. The second kappa shape index (κ2) is 10.8. The molecule has 0 unspecified atom stereocenters. The van der Waals surface area contributed by atoms with E-state index in [2.05, 4.69) is 6.92 Å². The molecule has 182 valence electrons. The molecule has 7 heteroatoms. The van der Waals surface area contributed by atoms with Gasteiger partial charge in [-0.1, -0.05) is 47.9 Å². The Morgan fingerprint density at radius 2 is 1.69 bits per heavy atom. The molecule has 0 saturated carbocycles. The lowest BCUT2D eigenvalue weighted by Gasteiger charge is -2.30. The van der Waals surface area contributed by atoms with Gasteiger partial charge in [-0.25, -0.2) is 0 Å². The molecule has 0 bridgehead atoms. The summed E-state index contributed by atoms with van der Waals surface area (Å²) < 4.78 is 2.37. The first kappa shape index (κ1) is 25.1. The van der Waals surface area contributed by atoms with Crippen LogP contribution in [0.5, 0.6) is 0 Å². The van der Waals surface area contributed by atoms with Gasteiger partial charge in [0.05, 0.1) is 4.53 Å². The van der Waals surface area contributed by atoms with Gasteiger partial charge in [-0.05, 0) is 68.5 Å². The standard InChI is InChI=1S/C28H29ClN2O3S/c1-18-8-10-30(11-9-18)26(33)17-31-27(16-24(32)22-13-19(2)12-20(3)14-22)35-25(28(31)34)15-21-4-6-23(29)7-5-21/h4-7,12-16,18H,8-11,17H2,1-3H3/b25-15-,27-16-. The molecule has 1 aromatic heterocycles. The van der Waals surface area contributed by atoms with Gasteiger partial charge in [0.15, 0.2) is 5.78 Å². The molecule has 1 aliphatic heterocycles. The Morgan fingerprint density at radius 1 is 1.06 bits per heavy atom. The Balaban J connectivity index is 1.76. The lowest BCUT2D eigenvalue weighted by molar-refractivity contribution is -0.133. The Kier molecular flexibility index (Phi) is 7.72. The average molecular weight is 509 g/mol. The molecule has 0 N–H and O–H groups in total. The number of Topliss-reactive ketones (excluding diaryl/α,β-unsaturated/α-hetero) is 1. The summed E-state index contributed by atoms with van der Waals surface area (Å²) in [7, 11) is 0. The van der Waals surface area contributed by atoms with Gasteiger partial charge in [0.25, 0.3) is 5.56 Å². The van der Waals surface area contributed by atoms with Crippen LogP contribution < -0.4 is 14.8 Å². The quantitative estimate of drug-likeness (QED) is 0.491. The molecule has 4 rings (SSSR count). The van der Waals surface area contributed by atoms with E-state index in [1.165, 1.54) is 22.0 Å². The van der Waals surface area contributed by atoms with Gasteiger partial charge in [-0.2, -0.15) is 0 Å². The summed E-state index contributed by atoms with van der Waals surface area (Å²) in [6.45, 7) is 7.40. The summed E-state index contributed by atoms with van der Waals surface area (Å²) in [4.78, 5) is 41.4. The maximum absolute atomic E-state index is 13.4. The van der Waals surface area contributed by atoms with Gasteiger partial charge in [-0.3, -0.25) is 19.0 Å². The highest BCUT2D eigenvalue weighted by Gasteiger charge is 2.21. The van der Waals surface area contributed by atoms with Crippen molar-refractivity contribution in [2.75, 3.05) is 13.1 Å². The number of aryl methyl sites for hydroxylation is 2. The Hall–Kier alpha value is -2.96. The van der Waals surface area contributed by atoms with Gasteiger partial charge in [0.1, 0.15) is 11.2 Å². The van der Waals surface area contributed by atoms with Crippen molar-refractivity contribution < 1.29 is 9.59 Å². The van der Waals surface area contributed by atoms with Crippen molar-refractivity contribution in [1.82, 2.24) is 9.47 Å². The third kappa shape index (κ3) is 6.19. The van der Waals surface area contributed by atoms with E-state index in [9.17, 15) is 14.4 Å². The van der Waals surface area contributed by atoms with Gasteiger partial charge in [0, 0.05) is 29.8 Å². The minimum Gasteiger partial charge on any atom is -0.341 e. The van der Waals surface area contributed by atoms with Crippen LogP contribution in [0.4, 0.5) is 0 Å². The first-order valence-electron chi connectivity index (χ1n) is 11.8. The van der Waals surface area contributed by atoms with E-state index in [0.717, 1.165) is 29.5 Å². The van der Waals surface area contributed by atoms with Gasteiger partial charge in [-0.15, -0.1) is 11.3 Å². The fourth-order valence-corrected chi connectivity index (χ4v) is 5.48. The predicted molar refractivity (Wildman–Crippen MR) is 143 cm³/mol. The molecule has 35 heavy (non-hydrogen) atoms. The molecule has 1 aliphatic rings. The fraction of sp³-hybridized carbons (Fsp3) is 0.321. The van der Waals surface area contributed by atoms with Crippen molar-refractivity contribution in [3.63, 3.8) is 0 Å². The molecule has 0 aliphatic carbocycles. The van der Waals surface area contributed by atoms with Crippen molar-refractivity contribution in [1.29, 1.82) is 0 Å². The molecule has 0 spiro atoms. The highest BCUT2D eigenvalue weighted by molar-refractivity contribution is 7.07. The molecule has 1 amide bonds. The van der Waals surface area contributed by atoms with Crippen molar-refractivity contribution in [3.05, 3.63) is 89.3 Å². The third-order valence-corrected chi connectivity index (χ3v) is 7.61. The SMILES string of the molecule is Cc1cc(C)cc(C(=O)/C=c2\s/c(=C\c3ccc(Cl)cc3)c(=O)n2CC(=O)N2CCC(C)CC2)c1. The number of carbonyl (C=O) groups is 2. The second-order valence-corrected chi connectivity index (χ2v) is 10.8. The molecule has 3 aromatic rings. The number of ketones is 1. The van der Waals surface area contributed by atoms with E-state index in [1.54, 1.807) is 18.2 Å². The number of halogens is 1. The minimum absolute atomic E-state index is 0.0792. The monoisotopic (exact) mass is 508 g/mol. The van der Waals surface area contributed by atoms with E-state index in [1.807, 2.05) is 49.1 Å². The number of amides is 1. The highest BCUT2D eigenvalue weighted by atomic mass is 35.5. The number of carbonyl (C=O) groups excluding carboxylic acids is 2. The van der Waals surface area contributed by atoms with Crippen molar-refractivity contribution >= 4 is 46.8 Å². The van der Waals surface area contributed by atoms with Gasteiger partial charge in [0.2, 0.25) is 5.91 Å². The number of likely N-dealkylation sites (tertiary alicyclic amines) is 1. The van der Waals surface area contributed by atoms with Crippen LogP contribution in [0.2, 0.25) is 5.02 Å². The minimum atomic E-state index is -0.275. The first-order chi connectivity index (χ1) is 16.7. The number of hydrogen-bond donors (Lipinski definition) is 0. The zero-order chi connectivity index (χ0) is 25.1. The molecule has 0 radical (unpaired) electrons. The van der Waals surface area contributed by atoms with Crippen LogP contribution in [0.1, 0.15) is 46.8 Å². The predicted octanol–water partition coefficient (Wildman–Crippen LogP) is 3.93. The van der Waals surface area contributed by atoms with E-state index >= 15 is 0 Å². The molecular weight excluding hydrogens is 480 g/mol. The average Bonchev–Trinajstić information content (AvgIpc) is 3.09. The molecule has 5 nitrogen and oxygen atoms in total. The number of benzene rings is 2. The largest absolute Gasteiger partial charge is 0.341 e. The Labute approximate surface area is 214 Å². The van der Waals surface area contributed by atoms with Gasteiger partial charge < -0.3 is 4.90 Å². The second-order valence-electron chi connectivity index (χ2n) is 9.34. The molecule has 1 fully saturated rings. The van der Waals surface area contributed by atoms with Crippen LogP contribution in [0.15, 0.2) is 47.3 Å². The zero-order valence-electron chi connectivity index (χ0n) is 20.2. The molecule has 0 atom stereocenters. The maximum atomic E-state index is 13.4. The summed E-state index contributed by atoms with van der Waals surface area (Å²) in [5, 5.41) is 0.611. The normalized spacial score (nSPS) is 15.6. The van der Waals surface area contributed by atoms with E-state index in [0.29, 0.717) is 38.8 Å². The highest BCUT2D eigenvalue weighted by Crippen LogP contribution is 2.16. The molecular formula is C28H29ClN2O3S. The van der Waals surface area contributed by atoms with Crippen LogP contribution >= 0.6 is 22.9 Å². The smallest absolute Gasteiger partial charge is 0.269 e. The number of piperidine rings is 1. The third-order valence-electron chi connectivity index (χ3n) is 6.29. The molecule has 1 saturated heterocycles. The summed E-state index contributed by atoms with van der Waals surface area (Å²) in [6.07, 6.45) is 5.17. The molecule has 2 aromatic carbocycles.